The van der Waals surface area contributed by atoms with Crippen molar-refractivity contribution in [2.75, 3.05) is 26.7 Å². The second kappa shape index (κ2) is 6.28. The molecule has 2 saturated heterocycles. The lowest BCUT2D eigenvalue weighted by Gasteiger charge is -2.30. The molecule has 24 heavy (non-hydrogen) atoms. The van der Waals surface area contributed by atoms with Gasteiger partial charge in [0.2, 0.25) is 0 Å². The summed E-state index contributed by atoms with van der Waals surface area (Å²) in [5.74, 6) is 1.95. The molecule has 0 saturated carbocycles. The van der Waals surface area contributed by atoms with Gasteiger partial charge >= 0.3 is 5.91 Å². The molecule has 126 valence electrons. The van der Waals surface area contributed by atoms with Crippen molar-refractivity contribution >= 4 is 5.91 Å². The lowest BCUT2D eigenvalue weighted by Crippen LogP contribution is -2.47. The SMILES string of the molecule is COc1ccc(-c2cnc(C(=O)N[C@@H]3C[C@@H]4CCN(C4)C3)o2)cc1. The molecule has 0 spiro atoms. The maximum absolute atomic E-state index is 12.4. The van der Waals surface area contributed by atoms with Gasteiger partial charge in [0.25, 0.3) is 5.89 Å². The van der Waals surface area contributed by atoms with E-state index in [9.17, 15) is 4.79 Å². The summed E-state index contributed by atoms with van der Waals surface area (Å²) in [4.78, 5) is 18.9. The zero-order valence-corrected chi connectivity index (χ0v) is 13.7. The third kappa shape index (κ3) is 3.01. The number of carbonyl (C=O) groups excluding carboxylic acids is 1. The molecule has 6 nitrogen and oxygen atoms in total. The Hall–Kier alpha value is -2.34. The number of ether oxygens (including phenoxy) is 1. The Kier molecular flexibility index (Phi) is 3.98. The van der Waals surface area contributed by atoms with Crippen LogP contribution < -0.4 is 10.1 Å². The van der Waals surface area contributed by atoms with Gasteiger partial charge in [-0.15, -0.1) is 0 Å². The molecule has 1 aromatic heterocycles. The van der Waals surface area contributed by atoms with Gasteiger partial charge in [0.1, 0.15) is 5.75 Å². The summed E-state index contributed by atoms with van der Waals surface area (Å²) < 4.78 is 10.8. The number of nitrogens with one attached hydrogen (secondary N) is 1. The van der Waals surface area contributed by atoms with Gasteiger partial charge in [-0.1, -0.05) is 0 Å². The number of amides is 1. The van der Waals surface area contributed by atoms with Gasteiger partial charge in [-0.3, -0.25) is 4.79 Å². The van der Waals surface area contributed by atoms with Crippen LogP contribution in [0.3, 0.4) is 0 Å². The number of oxazole rings is 1. The van der Waals surface area contributed by atoms with E-state index in [1.165, 1.54) is 13.0 Å². The average Bonchev–Trinajstić information content (AvgIpc) is 3.22. The van der Waals surface area contributed by atoms with Crippen molar-refractivity contribution in [2.24, 2.45) is 5.92 Å². The number of nitrogens with zero attached hydrogens (tertiary/aromatic N) is 2. The lowest BCUT2D eigenvalue weighted by molar-refractivity contribution is 0.0875. The van der Waals surface area contributed by atoms with Gasteiger partial charge in [0.05, 0.1) is 13.3 Å². The van der Waals surface area contributed by atoms with Crippen molar-refractivity contribution < 1.29 is 13.9 Å². The predicted molar refractivity (Wildman–Crippen MR) is 88.9 cm³/mol. The molecular weight excluding hydrogens is 306 g/mol. The van der Waals surface area contributed by atoms with Gasteiger partial charge in [0, 0.05) is 24.7 Å². The van der Waals surface area contributed by atoms with Gasteiger partial charge in [-0.05, 0) is 49.6 Å². The largest absolute Gasteiger partial charge is 0.497 e. The predicted octanol–water partition coefficient (Wildman–Crippen LogP) is 2.17. The van der Waals surface area contributed by atoms with Crippen molar-refractivity contribution in [3.05, 3.63) is 36.4 Å². The highest BCUT2D eigenvalue weighted by atomic mass is 16.5. The minimum atomic E-state index is -0.234. The van der Waals surface area contributed by atoms with E-state index in [1.807, 2.05) is 24.3 Å². The molecule has 2 aliphatic rings. The molecule has 2 fully saturated rings. The number of aromatic nitrogens is 1. The van der Waals surface area contributed by atoms with Gasteiger partial charge in [-0.25, -0.2) is 4.98 Å². The number of methoxy groups -OCH3 is 1. The van der Waals surface area contributed by atoms with Gasteiger partial charge in [0.15, 0.2) is 5.76 Å². The summed E-state index contributed by atoms with van der Waals surface area (Å²) in [6.07, 6.45) is 3.88. The van der Waals surface area contributed by atoms with Gasteiger partial charge in [-0.2, -0.15) is 0 Å². The highest BCUT2D eigenvalue weighted by molar-refractivity contribution is 5.90. The zero-order valence-electron chi connectivity index (χ0n) is 13.7. The molecule has 3 heterocycles. The Bertz CT molecular complexity index is 713. The third-order valence-corrected chi connectivity index (χ3v) is 4.88. The fourth-order valence-corrected chi connectivity index (χ4v) is 3.68. The molecule has 1 N–H and O–H groups in total. The molecule has 3 atom stereocenters. The lowest BCUT2D eigenvalue weighted by atomic mass is 9.97. The summed E-state index contributed by atoms with van der Waals surface area (Å²) in [6, 6.07) is 7.66. The normalized spacial score (nSPS) is 25.5. The number of benzene rings is 1. The first-order valence-corrected chi connectivity index (χ1v) is 8.35. The van der Waals surface area contributed by atoms with E-state index in [0.717, 1.165) is 30.8 Å². The van der Waals surface area contributed by atoms with Crippen molar-refractivity contribution in [3.8, 4) is 17.1 Å². The fraction of sp³-hybridized carbons (Fsp3) is 0.444. The van der Waals surface area contributed by atoms with E-state index in [4.69, 9.17) is 9.15 Å². The number of rotatable bonds is 4. The average molecular weight is 327 g/mol. The minimum Gasteiger partial charge on any atom is -0.497 e. The second-order valence-electron chi connectivity index (χ2n) is 6.58. The minimum absolute atomic E-state index is 0.119. The van der Waals surface area contributed by atoms with Crippen LogP contribution in [0.2, 0.25) is 0 Å². The van der Waals surface area contributed by atoms with Crippen LogP contribution in [0, 0.1) is 5.92 Å². The summed E-state index contributed by atoms with van der Waals surface area (Å²) in [5.41, 5.74) is 0.865. The number of fused-ring (bicyclic) bond motifs is 2. The van der Waals surface area contributed by atoms with E-state index >= 15 is 0 Å². The maximum atomic E-state index is 12.4. The highest BCUT2D eigenvalue weighted by Gasteiger charge is 2.33. The molecule has 1 amide bonds. The zero-order chi connectivity index (χ0) is 16.5. The van der Waals surface area contributed by atoms with Crippen molar-refractivity contribution in [2.45, 2.75) is 18.9 Å². The molecule has 2 bridgehead atoms. The summed E-state index contributed by atoms with van der Waals surface area (Å²) in [5, 5.41) is 3.06. The van der Waals surface area contributed by atoms with E-state index in [2.05, 4.69) is 15.2 Å². The first-order valence-electron chi connectivity index (χ1n) is 8.35. The first kappa shape index (κ1) is 15.2. The molecular formula is C18H21N3O3. The van der Waals surface area contributed by atoms with Crippen LogP contribution in [0.1, 0.15) is 23.5 Å². The van der Waals surface area contributed by atoms with E-state index < -0.39 is 0 Å². The number of carbonyl (C=O) groups is 1. The maximum Gasteiger partial charge on any atom is 0.307 e. The molecule has 1 aromatic carbocycles. The molecule has 2 aromatic rings. The van der Waals surface area contributed by atoms with E-state index in [0.29, 0.717) is 11.7 Å². The Morgan fingerprint density at radius 1 is 1.33 bits per heavy atom. The van der Waals surface area contributed by atoms with Crippen LogP contribution in [-0.2, 0) is 0 Å². The first-order chi connectivity index (χ1) is 11.7. The molecule has 0 aliphatic carbocycles. The van der Waals surface area contributed by atoms with Crippen LogP contribution in [-0.4, -0.2) is 48.6 Å². The van der Waals surface area contributed by atoms with Gasteiger partial charge < -0.3 is 19.4 Å². The van der Waals surface area contributed by atoms with Crippen LogP contribution >= 0.6 is 0 Å². The van der Waals surface area contributed by atoms with E-state index in [-0.39, 0.29) is 17.8 Å². The molecule has 6 heteroatoms. The summed E-state index contributed by atoms with van der Waals surface area (Å²) in [6.45, 7) is 3.25. The van der Waals surface area contributed by atoms with Crippen molar-refractivity contribution in [3.63, 3.8) is 0 Å². The molecule has 2 aliphatic heterocycles. The van der Waals surface area contributed by atoms with Crippen LogP contribution in [0.5, 0.6) is 5.75 Å². The quantitative estimate of drug-likeness (QED) is 0.932. The van der Waals surface area contributed by atoms with Crippen molar-refractivity contribution in [1.29, 1.82) is 0 Å². The number of hydrogen-bond donors (Lipinski definition) is 1. The number of hydrogen-bond acceptors (Lipinski definition) is 5. The van der Waals surface area contributed by atoms with E-state index in [1.54, 1.807) is 13.3 Å². The smallest absolute Gasteiger partial charge is 0.307 e. The summed E-state index contributed by atoms with van der Waals surface area (Å²) in [7, 11) is 1.62. The Morgan fingerprint density at radius 2 is 2.17 bits per heavy atom. The fourth-order valence-electron chi connectivity index (χ4n) is 3.68. The Morgan fingerprint density at radius 3 is 2.92 bits per heavy atom. The number of piperidine rings is 1. The topological polar surface area (TPSA) is 67.6 Å². The molecule has 1 unspecified atom stereocenters. The third-order valence-electron chi connectivity index (χ3n) is 4.88. The molecule has 0 radical (unpaired) electrons. The van der Waals surface area contributed by atoms with Crippen LogP contribution in [0.15, 0.2) is 34.9 Å². The van der Waals surface area contributed by atoms with Crippen LogP contribution in [0.25, 0.3) is 11.3 Å². The monoisotopic (exact) mass is 327 g/mol. The van der Waals surface area contributed by atoms with Crippen molar-refractivity contribution in [1.82, 2.24) is 15.2 Å². The Labute approximate surface area is 140 Å². The van der Waals surface area contributed by atoms with Crippen LogP contribution in [0.4, 0.5) is 0 Å². The molecule has 4 rings (SSSR count). The highest BCUT2D eigenvalue weighted by Crippen LogP contribution is 2.27. The second-order valence-corrected chi connectivity index (χ2v) is 6.58. The standard InChI is InChI=1S/C18H21N3O3/c1-23-15-4-2-13(3-5-15)16-9-19-18(24-16)17(22)20-14-8-12-6-7-21(10-12)11-14/h2-5,9,12,14H,6-8,10-11H2,1H3,(H,20,22)/t12-,14+/m0/s1. The Balaban J connectivity index is 1.42. The summed E-state index contributed by atoms with van der Waals surface area (Å²) >= 11 is 0.